The molecule has 2 N–H and O–H groups in total. The molecule has 0 bridgehead atoms. The van der Waals surface area contributed by atoms with Gasteiger partial charge in [0.1, 0.15) is 11.3 Å². The highest BCUT2D eigenvalue weighted by atomic mass is 16.3. The molecule has 3 aliphatic rings. The van der Waals surface area contributed by atoms with Gasteiger partial charge in [0.25, 0.3) is 0 Å². The lowest BCUT2D eigenvalue weighted by molar-refractivity contribution is -0.0784. The summed E-state index contributed by atoms with van der Waals surface area (Å²) in [6, 6.07) is 17.8. The molecule has 2 heterocycles. The van der Waals surface area contributed by atoms with Gasteiger partial charge in [0.05, 0.1) is 12.2 Å². The molecule has 1 saturated carbocycles. The molecule has 6 heteroatoms. The summed E-state index contributed by atoms with van der Waals surface area (Å²) in [4.78, 5) is 9.32. The van der Waals surface area contributed by atoms with Gasteiger partial charge in [-0.2, -0.15) is 0 Å². The summed E-state index contributed by atoms with van der Waals surface area (Å²) in [7, 11) is 8.59. The molecule has 0 aromatic heterocycles. The molecule has 4 aromatic carbocycles. The van der Waals surface area contributed by atoms with Gasteiger partial charge in [0.15, 0.2) is 0 Å². The summed E-state index contributed by atoms with van der Waals surface area (Å²) in [5, 5.41) is 28.3. The molecular weight excluding hydrogens is 520 g/mol. The third kappa shape index (κ3) is 3.39. The van der Waals surface area contributed by atoms with Crippen molar-refractivity contribution in [2.45, 2.75) is 76.9 Å². The van der Waals surface area contributed by atoms with Gasteiger partial charge in [-0.3, -0.25) is 0 Å². The van der Waals surface area contributed by atoms with Crippen LogP contribution in [0.5, 0.6) is 0 Å². The fourth-order valence-corrected chi connectivity index (χ4v) is 7.84. The van der Waals surface area contributed by atoms with Crippen LogP contribution in [0.4, 0.5) is 22.7 Å². The van der Waals surface area contributed by atoms with E-state index in [0.29, 0.717) is 0 Å². The zero-order valence-corrected chi connectivity index (χ0v) is 26.6. The molecule has 7 rings (SSSR count). The van der Waals surface area contributed by atoms with Crippen LogP contribution >= 0.6 is 0 Å². The molecule has 6 nitrogen and oxygen atoms in total. The predicted octanol–water partition coefficient (Wildman–Crippen LogP) is 6.46. The highest BCUT2D eigenvalue weighted by molar-refractivity contribution is 6.08. The Morgan fingerprint density at radius 1 is 0.500 bits per heavy atom. The van der Waals surface area contributed by atoms with Crippen molar-refractivity contribution in [2.24, 2.45) is 0 Å². The van der Waals surface area contributed by atoms with Crippen molar-refractivity contribution in [3.63, 3.8) is 0 Å². The van der Waals surface area contributed by atoms with Gasteiger partial charge < -0.3 is 29.8 Å². The van der Waals surface area contributed by atoms with Crippen molar-refractivity contribution >= 4 is 44.3 Å². The Morgan fingerprint density at radius 2 is 0.810 bits per heavy atom. The summed E-state index contributed by atoms with van der Waals surface area (Å²) >= 11 is 0. The van der Waals surface area contributed by atoms with Crippen molar-refractivity contribution in [1.29, 1.82) is 0 Å². The van der Waals surface area contributed by atoms with Crippen molar-refractivity contribution in [3.05, 3.63) is 70.8 Å². The maximum absolute atomic E-state index is 11.8. The third-order valence-corrected chi connectivity index (χ3v) is 11.3. The Morgan fingerprint density at radius 3 is 1.14 bits per heavy atom. The minimum absolute atomic E-state index is 0.219. The first kappa shape index (κ1) is 27.4. The number of aliphatic hydroxyl groups is 2. The molecular formula is C36H44N4O2. The van der Waals surface area contributed by atoms with E-state index in [1.807, 2.05) is 0 Å². The quantitative estimate of drug-likeness (QED) is 0.292. The summed E-state index contributed by atoms with van der Waals surface area (Å²) in [5.41, 5.74) is 8.71. The normalized spacial score (nSPS) is 25.8. The van der Waals surface area contributed by atoms with E-state index in [-0.39, 0.29) is 23.2 Å². The first-order chi connectivity index (χ1) is 19.6. The number of hydrogen-bond acceptors (Lipinski definition) is 6. The number of hydrogen-bond donors (Lipinski definition) is 2. The first-order valence-corrected chi connectivity index (χ1v) is 15.1. The Hall–Kier alpha value is -3.48. The van der Waals surface area contributed by atoms with E-state index in [1.54, 1.807) is 0 Å². The Labute approximate surface area is 249 Å². The Balaban J connectivity index is 1.33. The Bertz CT molecular complexity index is 1650. The van der Waals surface area contributed by atoms with E-state index < -0.39 is 12.2 Å². The molecule has 220 valence electrons. The van der Waals surface area contributed by atoms with Crippen LogP contribution in [0.15, 0.2) is 48.5 Å². The third-order valence-electron chi connectivity index (χ3n) is 11.3. The standard InChI is InChI=1S/C36H44N4O2/c1-19-11-21-15-23(17-27-29(21)25(13-19)37(7)35(3,4)39(27)9)31-33(41)32(34(31)42)24-16-22-12-20(2)14-26-30(22)28(18-24)40(10)36(5,6)38(26)8/h11-18,31-34,41-42H,1-10H3. The molecule has 42 heavy (non-hydrogen) atoms. The molecule has 1 aliphatic carbocycles. The summed E-state index contributed by atoms with van der Waals surface area (Å²) in [5.74, 6) is -0.701. The molecule has 0 unspecified atom stereocenters. The van der Waals surface area contributed by atoms with Crippen molar-refractivity contribution in [2.75, 3.05) is 47.8 Å². The molecule has 0 atom stereocenters. The monoisotopic (exact) mass is 564 g/mol. The highest BCUT2D eigenvalue weighted by Gasteiger charge is 2.51. The molecule has 0 amide bonds. The lowest BCUT2D eigenvalue weighted by Crippen LogP contribution is -2.56. The minimum Gasteiger partial charge on any atom is -0.392 e. The SMILES string of the molecule is Cc1cc2c3c(cc(C4C(O)C(c5cc6c7c(cc(C)cc7c5)N(C)C(C)(C)N6C)C4O)cc3c1)N(C)C(C)(C)N2C. The zero-order valence-electron chi connectivity index (χ0n) is 26.6. The maximum atomic E-state index is 11.8. The van der Waals surface area contributed by atoms with E-state index >= 15 is 0 Å². The minimum atomic E-state index is -0.683. The summed E-state index contributed by atoms with van der Waals surface area (Å²) in [6.45, 7) is 13.2. The van der Waals surface area contributed by atoms with Crippen LogP contribution in [0.2, 0.25) is 0 Å². The fourth-order valence-electron chi connectivity index (χ4n) is 7.84. The van der Waals surface area contributed by atoms with Crippen LogP contribution in [0.1, 0.15) is 61.8 Å². The number of nitrogens with zero attached hydrogens (tertiary/aromatic N) is 4. The van der Waals surface area contributed by atoms with Gasteiger partial charge in [-0.05, 0) is 98.8 Å². The second-order valence-corrected chi connectivity index (χ2v) is 14.1. The van der Waals surface area contributed by atoms with Crippen LogP contribution in [0, 0.1) is 13.8 Å². The van der Waals surface area contributed by atoms with Crippen molar-refractivity contribution < 1.29 is 10.2 Å². The van der Waals surface area contributed by atoms with Crippen LogP contribution in [0.25, 0.3) is 21.5 Å². The van der Waals surface area contributed by atoms with E-state index in [4.69, 9.17) is 0 Å². The lowest BCUT2D eigenvalue weighted by atomic mass is 9.63. The zero-order chi connectivity index (χ0) is 30.2. The maximum Gasteiger partial charge on any atom is 0.106 e. The van der Waals surface area contributed by atoms with Crippen LogP contribution in [-0.2, 0) is 0 Å². The molecule has 0 spiro atoms. The second kappa shape index (κ2) is 8.55. The van der Waals surface area contributed by atoms with Crippen LogP contribution in [0.3, 0.4) is 0 Å². The van der Waals surface area contributed by atoms with Crippen LogP contribution < -0.4 is 19.6 Å². The van der Waals surface area contributed by atoms with E-state index in [0.717, 1.165) is 33.3 Å². The smallest absolute Gasteiger partial charge is 0.106 e. The molecule has 1 fully saturated rings. The van der Waals surface area contributed by atoms with Gasteiger partial charge in [0.2, 0.25) is 0 Å². The molecule has 2 aliphatic heterocycles. The number of aliphatic hydroxyl groups excluding tert-OH is 2. The average molecular weight is 565 g/mol. The van der Waals surface area contributed by atoms with E-state index in [9.17, 15) is 10.2 Å². The first-order valence-electron chi connectivity index (χ1n) is 15.1. The second-order valence-electron chi connectivity index (χ2n) is 14.1. The van der Waals surface area contributed by atoms with E-state index in [2.05, 4.69) is 138 Å². The van der Waals surface area contributed by atoms with Crippen molar-refractivity contribution in [3.8, 4) is 0 Å². The van der Waals surface area contributed by atoms with Crippen LogP contribution in [-0.4, -0.2) is 61.9 Å². The van der Waals surface area contributed by atoms with Crippen molar-refractivity contribution in [1.82, 2.24) is 0 Å². The molecule has 4 aromatic rings. The lowest BCUT2D eigenvalue weighted by Gasteiger charge is -2.52. The number of rotatable bonds is 2. The van der Waals surface area contributed by atoms with E-state index in [1.165, 1.54) is 33.3 Å². The van der Waals surface area contributed by atoms with Gasteiger partial charge in [-0.25, -0.2) is 0 Å². The number of anilines is 4. The topological polar surface area (TPSA) is 53.4 Å². The number of benzene rings is 4. The van der Waals surface area contributed by atoms with Gasteiger partial charge in [-0.15, -0.1) is 0 Å². The highest BCUT2D eigenvalue weighted by Crippen LogP contribution is 2.54. The largest absolute Gasteiger partial charge is 0.392 e. The molecule has 0 radical (unpaired) electrons. The molecule has 0 saturated heterocycles. The summed E-state index contributed by atoms with van der Waals surface area (Å²) < 4.78 is 0. The number of aryl methyl sites for hydroxylation is 2. The predicted molar refractivity (Wildman–Crippen MR) is 177 cm³/mol. The van der Waals surface area contributed by atoms with Gasteiger partial charge >= 0.3 is 0 Å². The Kier molecular flexibility index (Phi) is 5.57. The van der Waals surface area contributed by atoms with Gasteiger partial charge in [0, 0.05) is 73.5 Å². The average Bonchev–Trinajstić information content (AvgIpc) is 2.92. The van der Waals surface area contributed by atoms with Gasteiger partial charge in [-0.1, -0.05) is 24.3 Å². The summed E-state index contributed by atoms with van der Waals surface area (Å²) in [6.07, 6.45) is -1.37. The fraction of sp³-hybridized carbons (Fsp3) is 0.444.